The van der Waals surface area contributed by atoms with Gasteiger partial charge in [-0.25, -0.2) is 4.79 Å². The van der Waals surface area contributed by atoms with E-state index >= 15 is 0 Å². The zero-order valence-corrected chi connectivity index (χ0v) is 10.7. The zero-order valence-electron chi connectivity index (χ0n) is 10.7. The average Bonchev–Trinajstić information content (AvgIpc) is 2.41. The van der Waals surface area contributed by atoms with E-state index in [-0.39, 0.29) is 12.5 Å². The van der Waals surface area contributed by atoms with Gasteiger partial charge in [0.25, 0.3) is 5.91 Å². The molecule has 0 radical (unpaired) electrons. The number of carboxylic acids is 1. The van der Waals surface area contributed by atoms with Crippen LogP contribution in [0.1, 0.15) is 5.56 Å². The molecule has 2 unspecified atom stereocenters. The number of hydrogen-bond donors (Lipinski definition) is 1. The summed E-state index contributed by atoms with van der Waals surface area (Å²) in [7, 11) is 2.90. The van der Waals surface area contributed by atoms with Crippen LogP contribution in [0.4, 0.5) is 0 Å². The van der Waals surface area contributed by atoms with E-state index in [9.17, 15) is 9.59 Å². The molecule has 6 heteroatoms. The number of carbonyl (C=O) groups is 2. The largest absolute Gasteiger partial charge is 0.497 e. The first kappa shape index (κ1) is 13.4. The topological polar surface area (TPSA) is 76.1 Å². The number of aliphatic carboxylic acids is 1. The van der Waals surface area contributed by atoms with Gasteiger partial charge in [-0.2, -0.15) is 0 Å². The highest BCUT2D eigenvalue weighted by Gasteiger charge is 2.52. The molecule has 0 bridgehead atoms. The van der Waals surface area contributed by atoms with Crippen molar-refractivity contribution < 1.29 is 24.2 Å². The van der Waals surface area contributed by atoms with E-state index in [0.717, 1.165) is 5.56 Å². The SMILES string of the molecule is COc1ccc(CN2C(=O)C(OC)C2C(=O)O)cc1. The fraction of sp³-hybridized carbons (Fsp3) is 0.385. The lowest BCUT2D eigenvalue weighted by molar-refractivity contribution is -0.183. The summed E-state index contributed by atoms with van der Waals surface area (Å²) < 4.78 is 9.92. The number of ether oxygens (including phenoxy) is 2. The van der Waals surface area contributed by atoms with Gasteiger partial charge in [-0.1, -0.05) is 12.1 Å². The van der Waals surface area contributed by atoms with Gasteiger partial charge in [0, 0.05) is 13.7 Å². The number of hydrogen-bond acceptors (Lipinski definition) is 4. The second-order valence-electron chi connectivity index (χ2n) is 4.25. The van der Waals surface area contributed by atoms with Crippen molar-refractivity contribution in [3.05, 3.63) is 29.8 Å². The summed E-state index contributed by atoms with van der Waals surface area (Å²) in [5, 5.41) is 9.09. The quantitative estimate of drug-likeness (QED) is 0.785. The summed E-state index contributed by atoms with van der Waals surface area (Å²) in [5.41, 5.74) is 0.843. The Morgan fingerprint density at radius 3 is 2.42 bits per heavy atom. The smallest absolute Gasteiger partial charge is 0.329 e. The molecule has 0 saturated carbocycles. The minimum absolute atomic E-state index is 0.250. The molecule has 1 aromatic carbocycles. The molecular weight excluding hydrogens is 250 g/mol. The fourth-order valence-electron chi connectivity index (χ4n) is 2.11. The molecule has 1 aliphatic heterocycles. The van der Waals surface area contributed by atoms with Crippen LogP contribution in [-0.4, -0.2) is 48.2 Å². The molecule has 1 amide bonds. The maximum atomic E-state index is 11.7. The number of carbonyl (C=O) groups excluding carboxylic acids is 1. The molecule has 19 heavy (non-hydrogen) atoms. The Balaban J connectivity index is 2.09. The first-order chi connectivity index (χ1) is 9.08. The number of carboxylic acid groups (broad SMARTS) is 1. The number of likely N-dealkylation sites (tertiary alicyclic amines) is 1. The van der Waals surface area contributed by atoms with E-state index in [2.05, 4.69) is 0 Å². The second-order valence-corrected chi connectivity index (χ2v) is 4.25. The number of benzene rings is 1. The first-order valence-corrected chi connectivity index (χ1v) is 5.77. The third-order valence-electron chi connectivity index (χ3n) is 3.17. The Hall–Kier alpha value is -2.08. The van der Waals surface area contributed by atoms with E-state index in [1.807, 2.05) is 0 Å². The predicted octanol–water partition coefficient (Wildman–Crippen LogP) is 0.506. The minimum atomic E-state index is -1.06. The Bertz CT molecular complexity index is 484. The monoisotopic (exact) mass is 265 g/mol. The summed E-state index contributed by atoms with van der Waals surface area (Å²) in [6.07, 6.45) is -0.879. The lowest BCUT2D eigenvalue weighted by Gasteiger charge is -2.43. The molecule has 102 valence electrons. The summed E-state index contributed by atoms with van der Waals surface area (Å²) in [4.78, 5) is 24.1. The predicted molar refractivity (Wildman–Crippen MR) is 65.8 cm³/mol. The highest BCUT2D eigenvalue weighted by atomic mass is 16.5. The van der Waals surface area contributed by atoms with Gasteiger partial charge in [0.1, 0.15) is 5.75 Å². The average molecular weight is 265 g/mol. The number of β-lactam (4-membered cyclic amide) rings is 1. The van der Waals surface area contributed by atoms with E-state index in [0.29, 0.717) is 5.75 Å². The first-order valence-electron chi connectivity index (χ1n) is 5.77. The van der Waals surface area contributed by atoms with Gasteiger partial charge in [-0.15, -0.1) is 0 Å². The highest BCUT2D eigenvalue weighted by Crippen LogP contribution is 2.26. The van der Waals surface area contributed by atoms with Crippen LogP contribution in [0.3, 0.4) is 0 Å². The summed E-state index contributed by atoms with van der Waals surface area (Å²) in [6.45, 7) is 0.250. The molecule has 1 aromatic rings. The molecule has 1 saturated heterocycles. The van der Waals surface area contributed by atoms with Gasteiger partial charge in [0.2, 0.25) is 0 Å². The standard InChI is InChI=1S/C13H15NO5/c1-18-9-5-3-8(4-6-9)7-14-10(13(16)17)11(19-2)12(14)15/h3-6,10-11H,7H2,1-2H3,(H,16,17). The summed E-state index contributed by atoms with van der Waals surface area (Å²) >= 11 is 0. The normalized spacial score (nSPS) is 22.0. The van der Waals surface area contributed by atoms with Crippen molar-refractivity contribution in [2.24, 2.45) is 0 Å². The van der Waals surface area contributed by atoms with Crippen LogP contribution < -0.4 is 4.74 Å². The number of nitrogens with zero attached hydrogens (tertiary/aromatic N) is 1. The second kappa shape index (κ2) is 5.27. The van der Waals surface area contributed by atoms with Crippen LogP contribution in [0.2, 0.25) is 0 Å². The lowest BCUT2D eigenvalue weighted by atomic mass is 9.97. The maximum absolute atomic E-state index is 11.7. The van der Waals surface area contributed by atoms with Crippen LogP contribution in [0.15, 0.2) is 24.3 Å². The van der Waals surface area contributed by atoms with Gasteiger partial charge in [0.05, 0.1) is 7.11 Å². The van der Waals surface area contributed by atoms with Crippen molar-refractivity contribution in [3.8, 4) is 5.75 Å². The zero-order chi connectivity index (χ0) is 14.0. The maximum Gasteiger partial charge on any atom is 0.329 e. The minimum Gasteiger partial charge on any atom is -0.497 e. The van der Waals surface area contributed by atoms with Crippen molar-refractivity contribution in [2.75, 3.05) is 14.2 Å². The van der Waals surface area contributed by atoms with Crippen LogP contribution in [0.5, 0.6) is 5.75 Å². The Morgan fingerprint density at radius 2 is 1.95 bits per heavy atom. The van der Waals surface area contributed by atoms with Crippen molar-refractivity contribution in [1.29, 1.82) is 0 Å². The molecule has 1 heterocycles. The van der Waals surface area contributed by atoms with Crippen LogP contribution in [-0.2, 0) is 20.9 Å². The third kappa shape index (κ3) is 2.39. The Labute approximate surface area is 110 Å². The van der Waals surface area contributed by atoms with Gasteiger partial charge >= 0.3 is 5.97 Å². The molecule has 0 aliphatic carbocycles. The molecule has 2 atom stereocenters. The van der Waals surface area contributed by atoms with E-state index in [1.54, 1.807) is 31.4 Å². The molecular formula is C13H15NO5. The fourth-order valence-corrected chi connectivity index (χ4v) is 2.11. The van der Waals surface area contributed by atoms with E-state index in [4.69, 9.17) is 14.6 Å². The summed E-state index contributed by atoms with van der Waals surface area (Å²) in [6, 6.07) is 6.21. The van der Waals surface area contributed by atoms with Crippen molar-refractivity contribution in [1.82, 2.24) is 4.90 Å². The van der Waals surface area contributed by atoms with Gasteiger partial charge in [-0.05, 0) is 17.7 Å². The Morgan fingerprint density at radius 1 is 1.32 bits per heavy atom. The van der Waals surface area contributed by atoms with E-state index < -0.39 is 18.1 Å². The molecule has 2 rings (SSSR count). The Kier molecular flexibility index (Phi) is 3.71. The van der Waals surface area contributed by atoms with Gasteiger partial charge < -0.3 is 19.5 Å². The van der Waals surface area contributed by atoms with Gasteiger partial charge in [-0.3, -0.25) is 4.79 Å². The third-order valence-corrected chi connectivity index (χ3v) is 3.17. The highest BCUT2D eigenvalue weighted by molar-refractivity contribution is 5.98. The van der Waals surface area contributed by atoms with E-state index in [1.165, 1.54) is 12.0 Å². The summed E-state index contributed by atoms with van der Waals surface area (Å²) in [5.74, 6) is -0.645. The lowest BCUT2D eigenvalue weighted by Crippen LogP contribution is -2.67. The number of methoxy groups -OCH3 is 2. The van der Waals surface area contributed by atoms with Crippen molar-refractivity contribution in [2.45, 2.75) is 18.7 Å². The molecule has 0 spiro atoms. The van der Waals surface area contributed by atoms with Crippen LogP contribution in [0.25, 0.3) is 0 Å². The molecule has 1 N–H and O–H groups in total. The van der Waals surface area contributed by atoms with Crippen molar-refractivity contribution >= 4 is 11.9 Å². The van der Waals surface area contributed by atoms with Gasteiger partial charge in [0.15, 0.2) is 12.1 Å². The van der Waals surface area contributed by atoms with Crippen LogP contribution >= 0.6 is 0 Å². The number of amides is 1. The van der Waals surface area contributed by atoms with Crippen molar-refractivity contribution in [3.63, 3.8) is 0 Å². The number of rotatable bonds is 5. The molecule has 0 aromatic heterocycles. The molecule has 1 fully saturated rings. The molecule has 6 nitrogen and oxygen atoms in total. The molecule has 1 aliphatic rings. The van der Waals surface area contributed by atoms with Crippen LogP contribution in [0, 0.1) is 0 Å².